The fourth-order valence-corrected chi connectivity index (χ4v) is 2.38. The zero-order valence-electron chi connectivity index (χ0n) is 11.8. The number of aliphatic hydroxyl groups excluding tert-OH is 1. The normalized spacial score (nSPS) is 17.8. The molecule has 0 bridgehead atoms. The molecule has 0 saturated heterocycles. The molecule has 0 heterocycles. The Morgan fingerprint density at radius 1 is 1.33 bits per heavy atom. The molecule has 1 fully saturated rings. The van der Waals surface area contributed by atoms with E-state index < -0.39 is 0 Å². The van der Waals surface area contributed by atoms with Crippen LogP contribution in [0.3, 0.4) is 0 Å². The maximum atomic E-state index is 9.30. The number of hydrogen-bond donors (Lipinski definition) is 2. The highest BCUT2D eigenvalue weighted by atomic mass is 16.3. The first-order chi connectivity index (χ1) is 8.47. The molecule has 2 nitrogen and oxygen atoms in total. The monoisotopic (exact) mass is 247 g/mol. The maximum absolute atomic E-state index is 9.30. The van der Waals surface area contributed by atoms with Crippen molar-refractivity contribution < 1.29 is 5.11 Å². The van der Waals surface area contributed by atoms with Crippen molar-refractivity contribution in [2.75, 3.05) is 19.7 Å². The van der Waals surface area contributed by atoms with E-state index in [2.05, 4.69) is 50.4 Å². The maximum Gasteiger partial charge on any atom is 0.0499 e. The Hall–Kier alpha value is -0.860. The lowest BCUT2D eigenvalue weighted by molar-refractivity contribution is 0.205. The summed E-state index contributed by atoms with van der Waals surface area (Å²) in [5.41, 5.74) is 3.03. The summed E-state index contributed by atoms with van der Waals surface area (Å²) in [6.45, 7) is 8.90. The van der Waals surface area contributed by atoms with Gasteiger partial charge in [0.15, 0.2) is 0 Å². The molecular weight excluding hydrogens is 222 g/mol. The van der Waals surface area contributed by atoms with E-state index >= 15 is 0 Å². The molecule has 18 heavy (non-hydrogen) atoms. The second-order valence-corrected chi connectivity index (χ2v) is 6.52. The van der Waals surface area contributed by atoms with E-state index in [4.69, 9.17) is 0 Å². The summed E-state index contributed by atoms with van der Waals surface area (Å²) < 4.78 is 0. The molecule has 0 unspecified atom stereocenters. The fourth-order valence-electron chi connectivity index (χ4n) is 2.38. The lowest BCUT2D eigenvalue weighted by Gasteiger charge is -2.27. The van der Waals surface area contributed by atoms with Gasteiger partial charge < -0.3 is 10.4 Å². The minimum Gasteiger partial charge on any atom is -0.396 e. The molecule has 2 N–H and O–H groups in total. The van der Waals surface area contributed by atoms with Gasteiger partial charge in [0.2, 0.25) is 0 Å². The quantitative estimate of drug-likeness (QED) is 0.810. The first kappa shape index (κ1) is 13.6. The predicted molar refractivity (Wildman–Crippen MR) is 75.8 cm³/mol. The van der Waals surface area contributed by atoms with Gasteiger partial charge in [-0.1, -0.05) is 43.7 Å². The van der Waals surface area contributed by atoms with E-state index in [1.165, 1.54) is 24.0 Å². The molecule has 0 amide bonds. The van der Waals surface area contributed by atoms with Crippen molar-refractivity contribution in [1.29, 1.82) is 0 Å². The van der Waals surface area contributed by atoms with Gasteiger partial charge >= 0.3 is 0 Å². The van der Waals surface area contributed by atoms with E-state index in [0.717, 1.165) is 13.1 Å². The lowest BCUT2D eigenvalue weighted by Crippen LogP contribution is -2.37. The summed E-state index contributed by atoms with van der Waals surface area (Å²) in [5.74, 6) is 0. The van der Waals surface area contributed by atoms with Gasteiger partial charge in [-0.2, -0.15) is 0 Å². The Bertz CT molecular complexity index is 407. The van der Waals surface area contributed by atoms with Gasteiger partial charge in [-0.3, -0.25) is 0 Å². The van der Waals surface area contributed by atoms with Crippen LogP contribution in [0.1, 0.15) is 37.8 Å². The molecule has 0 aliphatic heterocycles. The third-order valence-electron chi connectivity index (χ3n) is 4.16. The van der Waals surface area contributed by atoms with Crippen LogP contribution in [0.4, 0.5) is 0 Å². The highest BCUT2D eigenvalue weighted by Crippen LogP contribution is 2.44. The summed E-state index contributed by atoms with van der Waals surface area (Å²) in [6.07, 6.45) is 2.34. The second kappa shape index (κ2) is 5.02. The van der Waals surface area contributed by atoms with Crippen LogP contribution in [0.25, 0.3) is 0 Å². The highest BCUT2D eigenvalue weighted by molar-refractivity contribution is 5.28. The first-order valence-corrected chi connectivity index (χ1v) is 6.86. The second-order valence-electron chi connectivity index (χ2n) is 6.52. The first-order valence-electron chi connectivity index (χ1n) is 6.86. The Kier molecular flexibility index (Phi) is 3.79. The van der Waals surface area contributed by atoms with Crippen molar-refractivity contribution in [2.24, 2.45) is 5.41 Å². The third-order valence-corrected chi connectivity index (χ3v) is 4.16. The zero-order valence-corrected chi connectivity index (χ0v) is 11.8. The van der Waals surface area contributed by atoms with Gasteiger partial charge in [0, 0.05) is 30.5 Å². The zero-order chi connectivity index (χ0) is 13.2. The molecule has 1 saturated carbocycles. The topological polar surface area (TPSA) is 32.3 Å². The largest absolute Gasteiger partial charge is 0.396 e. The molecule has 1 aliphatic carbocycles. The van der Waals surface area contributed by atoms with E-state index in [1.807, 2.05) is 0 Å². The van der Waals surface area contributed by atoms with Crippen molar-refractivity contribution in [3.63, 3.8) is 0 Å². The van der Waals surface area contributed by atoms with Crippen LogP contribution in [0.2, 0.25) is 0 Å². The highest BCUT2D eigenvalue weighted by Gasteiger charge is 2.41. The lowest BCUT2D eigenvalue weighted by atomic mass is 9.84. The minimum atomic E-state index is 0.136. The van der Waals surface area contributed by atoms with Crippen molar-refractivity contribution in [1.82, 2.24) is 5.32 Å². The van der Waals surface area contributed by atoms with E-state index in [9.17, 15) is 5.11 Å². The summed E-state index contributed by atoms with van der Waals surface area (Å²) >= 11 is 0. The van der Waals surface area contributed by atoms with E-state index in [0.29, 0.717) is 6.61 Å². The van der Waals surface area contributed by atoms with E-state index in [1.54, 1.807) is 0 Å². The molecule has 2 heteroatoms. The number of hydrogen-bond acceptors (Lipinski definition) is 2. The number of nitrogens with one attached hydrogen (secondary N) is 1. The minimum absolute atomic E-state index is 0.136. The molecular formula is C16H25NO. The average Bonchev–Trinajstić information content (AvgIpc) is 3.09. The Labute approximate surface area is 110 Å². The van der Waals surface area contributed by atoms with Gasteiger partial charge in [0.1, 0.15) is 0 Å². The Balaban J connectivity index is 1.91. The summed E-state index contributed by atoms with van der Waals surface area (Å²) in [4.78, 5) is 0. The average molecular weight is 247 g/mol. The molecule has 100 valence electrons. The van der Waals surface area contributed by atoms with Gasteiger partial charge in [-0.25, -0.2) is 0 Å². The standard InChI is InChI=1S/C16H25NO/c1-13-5-4-6-14(9-13)15(2,3)10-17-11-16(12-18)7-8-16/h4-6,9,17-18H,7-8,10-12H2,1-3H3. The molecule has 1 aliphatic rings. The fraction of sp³-hybridized carbons (Fsp3) is 0.625. The van der Waals surface area contributed by atoms with Crippen LogP contribution < -0.4 is 5.32 Å². The van der Waals surface area contributed by atoms with Crippen molar-refractivity contribution >= 4 is 0 Å². The van der Waals surface area contributed by atoms with Crippen LogP contribution in [-0.2, 0) is 5.41 Å². The third kappa shape index (κ3) is 3.12. The summed E-state index contributed by atoms with van der Waals surface area (Å²) in [5, 5.41) is 12.8. The van der Waals surface area contributed by atoms with Crippen LogP contribution in [0.5, 0.6) is 0 Å². The van der Waals surface area contributed by atoms with Crippen molar-refractivity contribution in [3.05, 3.63) is 35.4 Å². The Morgan fingerprint density at radius 2 is 2.06 bits per heavy atom. The van der Waals surface area contributed by atoms with Crippen LogP contribution in [0, 0.1) is 12.3 Å². The summed E-state index contributed by atoms with van der Waals surface area (Å²) in [7, 11) is 0. The molecule has 0 atom stereocenters. The van der Waals surface area contributed by atoms with Crippen molar-refractivity contribution in [3.8, 4) is 0 Å². The number of benzene rings is 1. The molecule has 0 radical (unpaired) electrons. The van der Waals surface area contributed by atoms with Gasteiger partial charge in [0.25, 0.3) is 0 Å². The molecule has 0 spiro atoms. The van der Waals surface area contributed by atoms with Crippen molar-refractivity contribution in [2.45, 2.75) is 39.0 Å². The van der Waals surface area contributed by atoms with Gasteiger partial charge in [-0.05, 0) is 25.3 Å². The summed E-state index contributed by atoms with van der Waals surface area (Å²) in [6, 6.07) is 8.73. The van der Waals surface area contributed by atoms with Crippen LogP contribution >= 0.6 is 0 Å². The molecule has 0 aromatic heterocycles. The molecule has 1 aromatic rings. The van der Waals surface area contributed by atoms with E-state index in [-0.39, 0.29) is 10.8 Å². The van der Waals surface area contributed by atoms with Gasteiger partial charge in [-0.15, -0.1) is 0 Å². The SMILES string of the molecule is Cc1cccc(C(C)(C)CNCC2(CO)CC2)c1. The van der Waals surface area contributed by atoms with Crippen LogP contribution in [-0.4, -0.2) is 24.8 Å². The predicted octanol–water partition coefficient (Wildman–Crippen LogP) is 2.63. The number of aryl methyl sites for hydroxylation is 1. The number of rotatable bonds is 6. The molecule has 1 aromatic carbocycles. The smallest absolute Gasteiger partial charge is 0.0499 e. The van der Waals surface area contributed by atoms with Gasteiger partial charge in [0.05, 0.1) is 0 Å². The number of aliphatic hydroxyl groups is 1. The Morgan fingerprint density at radius 3 is 2.61 bits per heavy atom. The molecule has 2 rings (SSSR count). The van der Waals surface area contributed by atoms with Crippen LogP contribution in [0.15, 0.2) is 24.3 Å².